The number of aryl methyl sites for hydroxylation is 1. The van der Waals surface area contributed by atoms with Gasteiger partial charge in [-0.3, -0.25) is 9.78 Å². The summed E-state index contributed by atoms with van der Waals surface area (Å²) in [4.78, 5) is 23.2. The first kappa shape index (κ1) is 17.1. The average Bonchev–Trinajstić information content (AvgIpc) is 3.07. The maximum absolute atomic E-state index is 12.6. The topological polar surface area (TPSA) is 59.7 Å². The normalized spacial score (nSPS) is 12.2. The third kappa shape index (κ3) is 4.03. The number of fused-ring (bicyclic) bond motifs is 1. The number of pyridine rings is 2. The van der Waals surface area contributed by atoms with Crippen LogP contribution in [0.25, 0.3) is 5.65 Å². The van der Waals surface area contributed by atoms with Crippen molar-refractivity contribution in [2.75, 3.05) is 20.8 Å². The predicted molar refractivity (Wildman–Crippen MR) is 95.1 cm³/mol. The molecule has 0 aromatic carbocycles. The van der Waals surface area contributed by atoms with Crippen molar-refractivity contribution in [3.8, 4) is 0 Å². The first-order valence-electron chi connectivity index (χ1n) is 8.27. The Morgan fingerprint density at radius 2 is 2.12 bits per heavy atom. The van der Waals surface area contributed by atoms with E-state index in [0.29, 0.717) is 19.4 Å². The molecule has 0 saturated heterocycles. The van der Waals surface area contributed by atoms with Crippen LogP contribution < -0.4 is 0 Å². The van der Waals surface area contributed by atoms with Crippen molar-refractivity contribution in [3.05, 3.63) is 66.4 Å². The van der Waals surface area contributed by atoms with Crippen LogP contribution in [0, 0.1) is 0 Å². The number of hydrogen-bond donors (Lipinski definition) is 0. The summed E-state index contributed by atoms with van der Waals surface area (Å²) in [5, 5.41) is 0. The van der Waals surface area contributed by atoms with Gasteiger partial charge in [0.05, 0.1) is 24.0 Å². The quantitative estimate of drug-likeness (QED) is 0.664. The van der Waals surface area contributed by atoms with E-state index in [1.54, 1.807) is 25.3 Å². The zero-order chi connectivity index (χ0) is 17.6. The van der Waals surface area contributed by atoms with Gasteiger partial charge in [0.25, 0.3) is 0 Å². The summed E-state index contributed by atoms with van der Waals surface area (Å²) in [6, 6.07) is 11.4. The van der Waals surface area contributed by atoms with Gasteiger partial charge in [-0.15, -0.1) is 0 Å². The monoisotopic (exact) mass is 338 g/mol. The van der Waals surface area contributed by atoms with Gasteiger partial charge in [0, 0.05) is 39.2 Å². The van der Waals surface area contributed by atoms with E-state index in [9.17, 15) is 4.79 Å². The Morgan fingerprint density at radius 3 is 2.84 bits per heavy atom. The van der Waals surface area contributed by atoms with Gasteiger partial charge in [-0.25, -0.2) is 4.98 Å². The van der Waals surface area contributed by atoms with Crippen LogP contribution in [0.2, 0.25) is 0 Å². The second-order valence-electron chi connectivity index (χ2n) is 5.93. The summed E-state index contributed by atoms with van der Waals surface area (Å²) in [5.74, 6) is 0.0461. The zero-order valence-corrected chi connectivity index (χ0v) is 14.5. The maximum Gasteiger partial charge on any atom is 0.223 e. The van der Waals surface area contributed by atoms with Crippen molar-refractivity contribution in [1.29, 1.82) is 0 Å². The third-order valence-corrected chi connectivity index (χ3v) is 4.22. The van der Waals surface area contributed by atoms with E-state index in [1.165, 1.54) is 0 Å². The Kier molecular flexibility index (Phi) is 5.40. The summed E-state index contributed by atoms with van der Waals surface area (Å²) in [6.07, 6.45) is 6.65. The van der Waals surface area contributed by atoms with Crippen molar-refractivity contribution >= 4 is 11.6 Å². The molecule has 130 valence electrons. The minimum absolute atomic E-state index is 0.0461. The third-order valence-electron chi connectivity index (χ3n) is 4.22. The number of ether oxygens (including phenoxy) is 1. The summed E-state index contributed by atoms with van der Waals surface area (Å²) >= 11 is 0. The Balaban J connectivity index is 1.66. The van der Waals surface area contributed by atoms with Crippen LogP contribution in [0.3, 0.4) is 0 Å². The zero-order valence-electron chi connectivity index (χ0n) is 14.5. The minimum Gasteiger partial charge on any atom is -0.382 e. The molecule has 1 atom stereocenters. The van der Waals surface area contributed by atoms with E-state index in [1.807, 2.05) is 53.2 Å². The fourth-order valence-electron chi connectivity index (χ4n) is 2.82. The summed E-state index contributed by atoms with van der Waals surface area (Å²) in [6.45, 7) is 0.410. The molecule has 0 aliphatic carbocycles. The second kappa shape index (κ2) is 7.90. The molecule has 0 fully saturated rings. The number of hydrogen-bond acceptors (Lipinski definition) is 4. The number of amides is 1. The largest absolute Gasteiger partial charge is 0.382 e. The van der Waals surface area contributed by atoms with Gasteiger partial charge < -0.3 is 14.0 Å². The number of nitrogens with zero attached hydrogens (tertiary/aromatic N) is 4. The molecule has 0 N–H and O–H groups in total. The van der Waals surface area contributed by atoms with Crippen molar-refractivity contribution < 1.29 is 9.53 Å². The van der Waals surface area contributed by atoms with Crippen molar-refractivity contribution in [1.82, 2.24) is 19.3 Å². The molecular formula is C19H22N4O2. The van der Waals surface area contributed by atoms with E-state index in [2.05, 4.69) is 9.97 Å². The van der Waals surface area contributed by atoms with Crippen molar-refractivity contribution in [2.45, 2.75) is 18.9 Å². The maximum atomic E-state index is 12.6. The minimum atomic E-state index is -0.195. The first-order valence-corrected chi connectivity index (χ1v) is 8.27. The number of carbonyl (C=O) groups excluding carboxylic acids is 1. The van der Waals surface area contributed by atoms with Crippen LogP contribution in [0.1, 0.15) is 23.9 Å². The fraction of sp³-hybridized carbons (Fsp3) is 0.316. The van der Waals surface area contributed by atoms with E-state index in [-0.39, 0.29) is 11.9 Å². The van der Waals surface area contributed by atoms with E-state index >= 15 is 0 Å². The molecule has 3 heterocycles. The van der Waals surface area contributed by atoms with Crippen LogP contribution in [-0.2, 0) is 16.0 Å². The highest BCUT2D eigenvalue weighted by molar-refractivity contribution is 5.76. The van der Waals surface area contributed by atoms with Gasteiger partial charge in [0.15, 0.2) is 0 Å². The molecule has 1 amide bonds. The summed E-state index contributed by atoms with van der Waals surface area (Å²) in [7, 11) is 3.43. The molecule has 3 aromatic rings. The molecule has 0 aliphatic heterocycles. The molecule has 0 radical (unpaired) electrons. The van der Waals surface area contributed by atoms with Crippen LogP contribution in [0.15, 0.2) is 55.0 Å². The molecular weight excluding hydrogens is 316 g/mol. The molecule has 3 rings (SSSR count). The molecule has 3 aromatic heterocycles. The lowest BCUT2D eigenvalue weighted by molar-refractivity contribution is -0.133. The molecule has 0 saturated carbocycles. The van der Waals surface area contributed by atoms with Crippen LogP contribution in [0.5, 0.6) is 0 Å². The van der Waals surface area contributed by atoms with Gasteiger partial charge in [-0.2, -0.15) is 0 Å². The number of imidazole rings is 1. The number of methoxy groups -OCH3 is 1. The number of carbonyl (C=O) groups is 1. The molecule has 6 heteroatoms. The molecule has 0 unspecified atom stereocenters. The summed E-state index contributed by atoms with van der Waals surface area (Å²) in [5.41, 5.74) is 2.63. The van der Waals surface area contributed by atoms with Gasteiger partial charge in [0.1, 0.15) is 5.65 Å². The van der Waals surface area contributed by atoms with E-state index < -0.39 is 0 Å². The highest BCUT2D eigenvalue weighted by Crippen LogP contribution is 2.19. The van der Waals surface area contributed by atoms with E-state index in [0.717, 1.165) is 17.0 Å². The SMILES string of the molecule is COC[C@@H](c1ccccn1)N(C)C(=O)CCc1cn2ccccc2n1. The Bertz CT molecular complexity index is 799. The highest BCUT2D eigenvalue weighted by Gasteiger charge is 2.22. The number of rotatable bonds is 7. The molecule has 0 aliphatic rings. The predicted octanol–water partition coefficient (Wildman–Crippen LogP) is 2.51. The lowest BCUT2D eigenvalue weighted by atomic mass is 10.1. The van der Waals surface area contributed by atoms with Gasteiger partial charge in [-0.05, 0) is 30.7 Å². The number of aromatic nitrogens is 3. The van der Waals surface area contributed by atoms with Crippen LogP contribution >= 0.6 is 0 Å². The van der Waals surface area contributed by atoms with Crippen molar-refractivity contribution in [3.63, 3.8) is 0 Å². The van der Waals surface area contributed by atoms with Crippen molar-refractivity contribution in [2.24, 2.45) is 0 Å². The molecule has 0 bridgehead atoms. The molecule has 6 nitrogen and oxygen atoms in total. The lowest BCUT2D eigenvalue weighted by Gasteiger charge is -2.27. The van der Waals surface area contributed by atoms with Crippen LogP contribution in [0.4, 0.5) is 0 Å². The lowest BCUT2D eigenvalue weighted by Crippen LogP contribution is -2.34. The number of likely N-dealkylation sites (N-methyl/N-ethyl adjacent to an activating group) is 1. The first-order chi connectivity index (χ1) is 12.2. The van der Waals surface area contributed by atoms with Gasteiger partial charge in [0.2, 0.25) is 5.91 Å². The smallest absolute Gasteiger partial charge is 0.223 e. The Labute approximate surface area is 147 Å². The van der Waals surface area contributed by atoms with Gasteiger partial charge >= 0.3 is 0 Å². The van der Waals surface area contributed by atoms with Gasteiger partial charge in [-0.1, -0.05) is 12.1 Å². The fourth-order valence-corrected chi connectivity index (χ4v) is 2.82. The van der Waals surface area contributed by atoms with E-state index in [4.69, 9.17) is 4.74 Å². The Hall–Kier alpha value is -2.73. The standard InChI is InChI=1S/C19H22N4O2/c1-22(17(14-25-2)16-7-3-5-11-20-16)19(24)10-9-15-13-23-12-6-4-8-18(23)21-15/h3-8,11-13,17H,9-10,14H2,1-2H3/t17-/m0/s1. The molecule has 0 spiro atoms. The summed E-state index contributed by atoms with van der Waals surface area (Å²) < 4.78 is 7.25. The molecule has 25 heavy (non-hydrogen) atoms. The second-order valence-corrected chi connectivity index (χ2v) is 5.93. The Morgan fingerprint density at radius 1 is 1.28 bits per heavy atom. The highest BCUT2D eigenvalue weighted by atomic mass is 16.5. The van der Waals surface area contributed by atoms with Crippen LogP contribution in [-0.4, -0.2) is 45.9 Å². The average molecular weight is 338 g/mol.